The number of hydrogen-bond donors (Lipinski definition) is 0. The van der Waals surface area contributed by atoms with E-state index in [1.807, 2.05) is 18.0 Å². The second-order valence-electron chi connectivity index (χ2n) is 4.85. The first kappa shape index (κ1) is 12.3. The summed E-state index contributed by atoms with van der Waals surface area (Å²) >= 11 is 0. The van der Waals surface area contributed by atoms with Gasteiger partial charge >= 0.3 is 0 Å². The quantitative estimate of drug-likeness (QED) is 0.850. The van der Waals surface area contributed by atoms with E-state index in [1.54, 1.807) is 6.07 Å². The molecule has 5 heteroatoms. The molecule has 1 aliphatic heterocycles. The van der Waals surface area contributed by atoms with Crippen molar-refractivity contribution in [2.24, 2.45) is 0 Å². The summed E-state index contributed by atoms with van der Waals surface area (Å²) < 4.78 is 19.3. The van der Waals surface area contributed by atoms with Gasteiger partial charge < -0.3 is 9.64 Å². The molecule has 0 radical (unpaired) electrons. The molecule has 0 amide bonds. The third-order valence-electron chi connectivity index (χ3n) is 3.46. The van der Waals surface area contributed by atoms with Gasteiger partial charge in [-0.3, -0.25) is 0 Å². The lowest BCUT2D eigenvalue weighted by Crippen LogP contribution is -2.29. The fourth-order valence-corrected chi connectivity index (χ4v) is 2.52. The van der Waals surface area contributed by atoms with Gasteiger partial charge in [0.25, 0.3) is 0 Å². The molecule has 1 aromatic carbocycles. The molecular formula is C14H16FN3O. The molecule has 1 aliphatic rings. The van der Waals surface area contributed by atoms with E-state index in [4.69, 9.17) is 4.74 Å². The first-order valence-corrected chi connectivity index (χ1v) is 6.47. The van der Waals surface area contributed by atoms with Crippen LogP contribution in [0.25, 0.3) is 10.9 Å². The largest absolute Gasteiger partial charge is 0.376 e. The van der Waals surface area contributed by atoms with Gasteiger partial charge in [0, 0.05) is 25.6 Å². The lowest BCUT2D eigenvalue weighted by Gasteiger charge is -2.22. The van der Waals surface area contributed by atoms with Crippen molar-refractivity contribution in [3.8, 4) is 0 Å². The molecule has 0 saturated carbocycles. The number of hydrogen-bond acceptors (Lipinski definition) is 4. The number of para-hydroxylation sites is 1. The average Bonchev–Trinajstić information content (AvgIpc) is 2.91. The smallest absolute Gasteiger partial charge is 0.149 e. The van der Waals surface area contributed by atoms with E-state index in [0.29, 0.717) is 5.52 Å². The number of nitrogens with zero attached hydrogens (tertiary/aromatic N) is 3. The minimum absolute atomic E-state index is 0.239. The fraction of sp³-hybridized carbons (Fsp3) is 0.429. The summed E-state index contributed by atoms with van der Waals surface area (Å²) in [5.41, 5.74) is 0.367. The van der Waals surface area contributed by atoms with Crippen molar-refractivity contribution < 1.29 is 9.13 Å². The highest BCUT2D eigenvalue weighted by Crippen LogP contribution is 2.25. The van der Waals surface area contributed by atoms with E-state index in [0.717, 1.165) is 37.2 Å². The Kier molecular flexibility index (Phi) is 3.29. The summed E-state index contributed by atoms with van der Waals surface area (Å²) in [7, 11) is 1.95. The van der Waals surface area contributed by atoms with E-state index in [2.05, 4.69) is 9.97 Å². The first-order valence-electron chi connectivity index (χ1n) is 6.47. The van der Waals surface area contributed by atoms with Gasteiger partial charge in [0.2, 0.25) is 0 Å². The molecule has 0 aliphatic carbocycles. The molecule has 2 aromatic rings. The third-order valence-corrected chi connectivity index (χ3v) is 3.46. The molecule has 19 heavy (non-hydrogen) atoms. The summed E-state index contributed by atoms with van der Waals surface area (Å²) in [5.74, 6) is 0.437. The minimum Gasteiger partial charge on any atom is -0.376 e. The van der Waals surface area contributed by atoms with Crippen LogP contribution in [0.2, 0.25) is 0 Å². The maximum Gasteiger partial charge on any atom is 0.149 e. The number of rotatable bonds is 3. The monoisotopic (exact) mass is 261 g/mol. The van der Waals surface area contributed by atoms with Crippen molar-refractivity contribution >= 4 is 16.7 Å². The van der Waals surface area contributed by atoms with Gasteiger partial charge in [-0.15, -0.1) is 0 Å². The minimum atomic E-state index is -0.313. The number of halogens is 1. The van der Waals surface area contributed by atoms with Crippen LogP contribution in [0.15, 0.2) is 24.5 Å². The van der Waals surface area contributed by atoms with E-state index < -0.39 is 0 Å². The summed E-state index contributed by atoms with van der Waals surface area (Å²) in [4.78, 5) is 10.3. The number of anilines is 1. The summed E-state index contributed by atoms with van der Waals surface area (Å²) in [6, 6.07) is 4.95. The molecule has 1 saturated heterocycles. The Morgan fingerprint density at radius 1 is 1.42 bits per heavy atom. The second kappa shape index (κ2) is 5.09. The van der Waals surface area contributed by atoms with E-state index in [-0.39, 0.29) is 11.9 Å². The predicted molar refractivity (Wildman–Crippen MR) is 71.7 cm³/mol. The van der Waals surface area contributed by atoms with Gasteiger partial charge in [-0.2, -0.15) is 0 Å². The fourth-order valence-electron chi connectivity index (χ4n) is 2.52. The molecule has 1 unspecified atom stereocenters. The van der Waals surface area contributed by atoms with E-state index in [9.17, 15) is 4.39 Å². The molecule has 1 atom stereocenters. The van der Waals surface area contributed by atoms with Crippen LogP contribution < -0.4 is 4.90 Å². The first-order chi connectivity index (χ1) is 9.25. The van der Waals surface area contributed by atoms with Crippen molar-refractivity contribution in [1.82, 2.24) is 9.97 Å². The standard InChI is InChI=1S/C14H16FN3O/c1-18(8-10-4-3-7-19-10)14-11-5-2-6-12(15)13(11)16-9-17-14/h2,5-6,9-10H,3-4,7-8H2,1H3. The van der Waals surface area contributed by atoms with Crippen molar-refractivity contribution in [3.63, 3.8) is 0 Å². The molecule has 0 N–H and O–H groups in total. The van der Waals surface area contributed by atoms with Crippen LogP contribution in [-0.4, -0.2) is 36.3 Å². The van der Waals surface area contributed by atoms with Crippen LogP contribution in [0.5, 0.6) is 0 Å². The Hall–Kier alpha value is -1.75. The maximum absolute atomic E-state index is 13.7. The van der Waals surface area contributed by atoms with Gasteiger partial charge in [0.15, 0.2) is 0 Å². The molecule has 1 aromatic heterocycles. The number of ether oxygens (including phenoxy) is 1. The maximum atomic E-state index is 13.7. The third kappa shape index (κ3) is 2.38. The van der Waals surface area contributed by atoms with Crippen LogP contribution in [-0.2, 0) is 4.74 Å². The van der Waals surface area contributed by atoms with E-state index >= 15 is 0 Å². The molecule has 0 spiro atoms. The van der Waals surface area contributed by atoms with Crippen LogP contribution in [0.3, 0.4) is 0 Å². The zero-order valence-corrected chi connectivity index (χ0v) is 10.8. The topological polar surface area (TPSA) is 38.2 Å². The summed E-state index contributed by atoms with van der Waals surface area (Å²) in [6.07, 6.45) is 3.83. The van der Waals surface area contributed by atoms with Crippen LogP contribution >= 0.6 is 0 Å². The number of benzene rings is 1. The zero-order valence-electron chi connectivity index (χ0n) is 10.8. The highest BCUT2D eigenvalue weighted by Gasteiger charge is 2.19. The molecule has 100 valence electrons. The Balaban J connectivity index is 1.93. The number of aromatic nitrogens is 2. The number of likely N-dealkylation sites (N-methyl/N-ethyl adjacent to an activating group) is 1. The van der Waals surface area contributed by atoms with Crippen molar-refractivity contribution in [3.05, 3.63) is 30.3 Å². The predicted octanol–water partition coefficient (Wildman–Crippen LogP) is 2.38. The molecular weight excluding hydrogens is 245 g/mol. The summed E-state index contributed by atoms with van der Waals surface area (Å²) in [5, 5.41) is 0.739. The van der Waals surface area contributed by atoms with E-state index in [1.165, 1.54) is 12.4 Å². The van der Waals surface area contributed by atoms with Gasteiger partial charge in [0.1, 0.15) is 23.5 Å². The van der Waals surface area contributed by atoms with Gasteiger partial charge in [0.05, 0.1) is 6.10 Å². The lowest BCUT2D eigenvalue weighted by molar-refractivity contribution is 0.116. The van der Waals surface area contributed by atoms with Crippen molar-refractivity contribution in [2.75, 3.05) is 25.1 Å². The Morgan fingerprint density at radius 2 is 2.32 bits per heavy atom. The van der Waals surface area contributed by atoms with Crippen molar-refractivity contribution in [1.29, 1.82) is 0 Å². The van der Waals surface area contributed by atoms with Gasteiger partial charge in [-0.25, -0.2) is 14.4 Å². The SMILES string of the molecule is CN(CC1CCCO1)c1ncnc2c(F)cccc12. The molecule has 4 nitrogen and oxygen atoms in total. The van der Waals surface area contributed by atoms with Crippen LogP contribution in [0, 0.1) is 5.82 Å². The summed E-state index contributed by atoms with van der Waals surface area (Å²) in [6.45, 7) is 1.60. The Labute approximate surface area is 111 Å². The molecule has 0 bridgehead atoms. The molecule has 1 fully saturated rings. The normalized spacial score (nSPS) is 18.9. The highest BCUT2D eigenvalue weighted by atomic mass is 19.1. The van der Waals surface area contributed by atoms with Gasteiger partial charge in [-0.05, 0) is 25.0 Å². The van der Waals surface area contributed by atoms with Crippen LogP contribution in [0.4, 0.5) is 10.2 Å². The number of fused-ring (bicyclic) bond motifs is 1. The average molecular weight is 261 g/mol. The van der Waals surface area contributed by atoms with Crippen molar-refractivity contribution in [2.45, 2.75) is 18.9 Å². The lowest BCUT2D eigenvalue weighted by atomic mass is 10.2. The zero-order chi connectivity index (χ0) is 13.2. The second-order valence-corrected chi connectivity index (χ2v) is 4.85. The van der Waals surface area contributed by atoms with Crippen LogP contribution in [0.1, 0.15) is 12.8 Å². The molecule has 3 rings (SSSR count). The van der Waals surface area contributed by atoms with Gasteiger partial charge in [-0.1, -0.05) is 6.07 Å². The highest BCUT2D eigenvalue weighted by molar-refractivity contribution is 5.89. The Morgan fingerprint density at radius 3 is 3.11 bits per heavy atom. The molecule has 2 heterocycles. The Bertz CT molecular complexity index is 584.